The van der Waals surface area contributed by atoms with Gasteiger partial charge in [0.2, 0.25) is 0 Å². The lowest BCUT2D eigenvalue weighted by atomic mass is 9.99. The Hall–Kier alpha value is -7.20. The highest BCUT2D eigenvalue weighted by molar-refractivity contribution is 5.82. The van der Waals surface area contributed by atoms with Crippen LogP contribution in [-0.4, -0.2) is 49.8 Å². The topological polar surface area (TPSA) is 129 Å². The second kappa shape index (κ2) is 37.5. The van der Waals surface area contributed by atoms with E-state index in [2.05, 4.69) is 168 Å². The highest BCUT2D eigenvalue weighted by Crippen LogP contribution is 2.24. The average molecular weight is 1010 g/mol. The minimum atomic E-state index is 0.393. The van der Waals surface area contributed by atoms with Crippen LogP contribution in [0.5, 0.6) is 0 Å². The van der Waals surface area contributed by atoms with Crippen LogP contribution in [0.2, 0.25) is 0 Å². The summed E-state index contributed by atoms with van der Waals surface area (Å²) in [4.78, 5) is 41.7. The number of hydrogen-bond donors (Lipinski definition) is 0. The van der Waals surface area contributed by atoms with E-state index in [1.54, 1.807) is 25.3 Å². The van der Waals surface area contributed by atoms with Gasteiger partial charge in [0.15, 0.2) is 0 Å². The van der Waals surface area contributed by atoms with Crippen molar-refractivity contribution in [3.63, 3.8) is 0 Å². The van der Waals surface area contributed by atoms with Crippen molar-refractivity contribution in [2.45, 2.75) is 168 Å². The van der Waals surface area contributed by atoms with Crippen molar-refractivity contribution in [3.05, 3.63) is 181 Å². The van der Waals surface area contributed by atoms with Gasteiger partial charge in [-0.25, -0.2) is 49.8 Å². The summed E-state index contributed by atoms with van der Waals surface area (Å²) in [5.41, 5.74) is 10.4. The molecule has 10 heteroatoms. The third-order valence-electron chi connectivity index (χ3n) is 10.8. The van der Waals surface area contributed by atoms with Crippen molar-refractivity contribution in [2.24, 2.45) is 0 Å². The fraction of sp³-hybridized carbons (Fsp3) is 0.385. The first-order valence-corrected chi connectivity index (χ1v) is 27.4. The van der Waals surface area contributed by atoms with Gasteiger partial charge in [0, 0.05) is 63.8 Å². The molecule has 75 heavy (non-hydrogen) atoms. The number of rotatable bonds is 5. The highest BCUT2D eigenvalue weighted by atomic mass is 14.9. The van der Waals surface area contributed by atoms with Gasteiger partial charge >= 0.3 is 0 Å². The molecule has 400 valence electrons. The van der Waals surface area contributed by atoms with Crippen LogP contribution in [0.25, 0.3) is 54.5 Å². The molecule has 10 rings (SSSR count). The summed E-state index contributed by atoms with van der Waals surface area (Å²) in [7, 11) is 0. The molecule has 0 bridgehead atoms. The van der Waals surface area contributed by atoms with E-state index in [0.29, 0.717) is 29.6 Å². The number of hydrogen-bond acceptors (Lipinski definition) is 10. The van der Waals surface area contributed by atoms with E-state index in [4.69, 9.17) is 0 Å². The van der Waals surface area contributed by atoms with E-state index in [9.17, 15) is 0 Å². The maximum atomic E-state index is 4.46. The van der Waals surface area contributed by atoms with Gasteiger partial charge in [0.25, 0.3) is 0 Å². The molecule has 0 amide bonds. The van der Waals surface area contributed by atoms with E-state index >= 15 is 0 Å². The van der Waals surface area contributed by atoms with Crippen LogP contribution >= 0.6 is 0 Å². The van der Waals surface area contributed by atoms with Gasteiger partial charge in [0.05, 0.1) is 27.6 Å². The number of benzene rings is 5. The normalized spacial score (nSPS) is 9.93. The monoisotopic (exact) mass is 1010 g/mol. The first kappa shape index (κ1) is 65.8. The van der Waals surface area contributed by atoms with E-state index in [1.807, 2.05) is 149 Å². The first-order valence-electron chi connectivity index (χ1n) is 27.4. The number of fused-ring (bicyclic) bond motifs is 5. The standard InChI is InChI=1S/5C11H12N2.5C2H6/c1-8(2)9-3-4-11-10(5-9)6-12-7-13-11;1-8(2)9-3-4-10-6-12-7-13-11(10)5-9;1-8(2)9-4-3-5-11-10(9)6-12-7-13-11;1-8(2)10-5-3-4-9-6-12-7-13-11(9)10;1-8(2)11-12-7-9-5-3-4-6-10(9)13-11;5*1-2/h5*3-8H,1-2H3;5*1-2H3. The molecule has 0 aliphatic rings. The van der Waals surface area contributed by atoms with Crippen molar-refractivity contribution in [1.82, 2.24) is 49.8 Å². The van der Waals surface area contributed by atoms with Crippen LogP contribution in [0, 0.1) is 0 Å². The maximum Gasteiger partial charge on any atom is 0.131 e. The summed E-state index contributed by atoms with van der Waals surface area (Å²) in [6.45, 7) is 41.7. The molecule has 0 aliphatic heterocycles. The second-order valence-electron chi connectivity index (χ2n) is 17.4. The zero-order chi connectivity index (χ0) is 56.3. The van der Waals surface area contributed by atoms with Crippen LogP contribution < -0.4 is 0 Å². The first-order chi connectivity index (χ1) is 36.4. The lowest BCUT2D eigenvalue weighted by Crippen LogP contribution is -1.96. The maximum absolute atomic E-state index is 4.46. The molecule has 0 fully saturated rings. The molecular weight excluding hydrogens is 921 g/mol. The average Bonchev–Trinajstić information content (AvgIpc) is 3.47. The van der Waals surface area contributed by atoms with Gasteiger partial charge < -0.3 is 0 Å². The summed E-state index contributed by atoms with van der Waals surface area (Å²) >= 11 is 0. The Morgan fingerprint density at radius 1 is 0.307 bits per heavy atom. The molecule has 0 N–H and O–H groups in total. The van der Waals surface area contributed by atoms with Crippen LogP contribution in [-0.2, 0) is 0 Å². The van der Waals surface area contributed by atoms with Crippen molar-refractivity contribution < 1.29 is 0 Å². The fourth-order valence-corrected chi connectivity index (χ4v) is 7.01. The molecule has 10 aromatic rings. The predicted molar refractivity (Wildman–Crippen MR) is 325 cm³/mol. The Bertz CT molecular complexity index is 2770. The van der Waals surface area contributed by atoms with Crippen LogP contribution in [0.15, 0.2) is 153 Å². The third-order valence-corrected chi connectivity index (χ3v) is 10.8. The van der Waals surface area contributed by atoms with Gasteiger partial charge in [0.1, 0.15) is 31.1 Å². The highest BCUT2D eigenvalue weighted by Gasteiger charge is 2.07. The van der Waals surface area contributed by atoms with Crippen molar-refractivity contribution in [3.8, 4) is 0 Å². The Balaban J connectivity index is 0.000000449. The summed E-state index contributed by atoms with van der Waals surface area (Å²) in [5, 5.41) is 5.61. The summed E-state index contributed by atoms with van der Waals surface area (Å²) in [6, 6.07) is 33.1. The fourth-order valence-electron chi connectivity index (χ4n) is 7.01. The largest absolute Gasteiger partial charge is 0.244 e. The van der Waals surface area contributed by atoms with Crippen molar-refractivity contribution >= 4 is 54.5 Å². The lowest BCUT2D eigenvalue weighted by Gasteiger charge is -2.07. The molecule has 0 aliphatic carbocycles. The van der Waals surface area contributed by atoms with Crippen LogP contribution in [0.1, 0.15) is 196 Å². The molecule has 5 aromatic carbocycles. The molecule has 0 atom stereocenters. The molecule has 0 radical (unpaired) electrons. The Labute approximate surface area is 451 Å². The minimum Gasteiger partial charge on any atom is -0.244 e. The molecule has 5 heterocycles. The molecule has 10 nitrogen and oxygen atoms in total. The van der Waals surface area contributed by atoms with E-state index in [1.165, 1.54) is 27.6 Å². The third kappa shape index (κ3) is 21.3. The lowest BCUT2D eigenvalue weighted by molar-refractivity contribution is 0.783. The van der Waals surface area contributed by atoms with Gasteiger partial charge in [-0.3, -0.25) is 0 Å². The molecule has 0 unspecified atom stereocenters. The van der Waals surface area contributed by atoms with Crippen LogP contribution in [0.4, 0.5) is 0 Å². The summed E-state index contributed by atoms with van der Waals surface area (Å²) in [5.74, 6) is 3.46. The van der Waals surface area contributed by atoms with Gasteiger partial charge in [-0.05, 0) is 76.3 Å². The van der Waals surface area contributed by atoms with Gasteiger partial charge in [-0.2, -0.15) is 0 Å². The van der Waals surface area contributed by atoms with Gasteiger partial charge in [-0.1, -0.05) is 205 Å². The quantitative estimate of drug-likeness (QED) is 0.164. The Morgan fingerprint density at radius 2 is 0.773 bits per heavy atom. The van der Waals surface area contributed by atoms with E-state index < -0.39 is 0 Å². The SMILES string of the molecule is CC.CC.CC.CC.CC.CC(C)c1ccc2cncnc2c1.CC(C)c1ccc2ncncc2c1.CC(C)c1cccc2cncnc12.CC(C)c1cccc2ncncc12.CC(C)c1ncc2ccccc2n1. The van der Waals surface area contributed by atoms with Crippen molar-refractivity contribution in [1.29, 1.82) is 0 Å². The van der Waals surface area contributed by atoms with E-state index in [-0.39, 0.29) is 0 Å². The molecule has 0 saturated heterocycles. The molecule has 0 saturated carbocycles. The van der Waals surface area contributed by atoms with Crippen molar-refractivity contribution in [2.75, 3.05) is 0 Å². The molecule has 0 spiro atoms. The second-order valence-corrected chi connectivity index (χ2v) is 17.4. The Kier molecular flexibility index (Phi) is 32.9. The minimum absolute atomic E-state index is 0.393. The number of aromatic nitrogens is 10. The number of nitrogens with zero attached hydrogens (tertiary/aromatic N) is 10. The van der Waals surface area contributed by atoms with Crippen LogP contribution in [0.3, 0.4) is 0 Å². The zero-order valence-corrected chi connectivity index (χ0v) is 49.3. The zero-order valence-electron chi connectivity index (χ0n) is 49.3. The van der Waals surface area contributed by atoms with Gasteiger partial charge in [-0.15, -0.1) is 0 Å². The molecule has 5 aromatic heterocycles. The predicted octanol–water partition coefficient (Wildman–Crippen LogP) is 18.9. The number of para-hydroxylation sites is 2. The smallest absolute Gasteiger partial charge is 0.131 e. The summed E-state index contributed by atoms with van der Waals surface area (Å²) in [6.07, 6.45) is 15.7. The Morgan fingerprint density at radius 3 is 1.39 bits per heavy atom. The summed E-state index contributed by atoms with van der Waals surface area (Å²) < 4.78 is 0. The van der Waals surface area contributed by atoms with E-state index in [0.717, 1.165) is 55.0 Å². The molecular formula is C65H90N10.